The van der Waals surface area contributed by atoms with Crippen LogP contribution < -0.4 is 0 Å². The van der Waals surface area contributed by atoms with Crippen LogP contribution in [0.4, 0.5) is 0 Å². The van der Waals surface area contributed by atoms with E-state index < -0.39 is 0 Å². The Morgan fingerprint density at radius 3 is 2.78 bits per heavy atom. The molecule has 0 N–H and O–H groups in total. The Morgan fingerprint density at radius 2 is 2.33 bits per heavy atom. The van der Waals surface area contributed by atoms with Crippen molar-refractivity contribution in [2.45, 2.75) is 20.3 Å². The van der Waals surface area contributed by atoms with Crippen molar-refractivity contribution in [3.8, 4) is 0 Å². The molecular formula is C7H12OS. The summed E-state index contributed by atoms with van der Waals surface area (Å²) in [6, 6.07) is 0. The Labute approximate surface area is 60.5 Å². The van der Waals surface area contributed by atoms with E-state index in [-0.39, 0.29) is 5.12 Å². The van der Waals surface area contributed by atoms with Crippen LogP contribution >= 0.6 is 11.8 Å². The highest BCUT2D eigenvalue weighted by Gasteiger charge is 1.92. The lowest BCUT2D eigenvalue weighted by Crippen LogP contribution is -1.85. The summed E-state index contributed by atoms with van der Waals surface area (Å²) in [5.74, 6) is 0.934. The topological polar surface area (TPSA) is 17.1 Å². The van der Waals surface area contributed by atoms with Gasteiger partial charge in [-0.2, -0.15) is 0 Å². The second-order valence-corrected chi connectivity index (χ2v) is 2.77. The third-order valence-electron chi connectivity index (χ3n) is 0.751. The maximum Gasteiger partial charge on any atom is 0.211 e. The van der Waals surface area contributed by atoms with E-state index in [0.29, 0.717) is 0 Å². The first kappa shape index (κ1) is 8.76. The highest BCUT2D eigenvalue weighted by Crippen LogP contribution is 2.03. The minimum absolute atomic E-state index is 0.166. The number of thioether (sulfide) groups is 1. The molecule has 0 spiro atoms. The van der Waals surface area contributed by atoms with E-state index in [9.17, 15) is 4.79 Å². The van der Waals surface area contributed by atoms with E-state index in [4.69, 9.17) is 0 Å². The minimum Gasteiger partial charge on any atom is -0.282 e. The molecule has 0 aliphatic rings. The molecular weight excluding hydrogens is 132 g/mol. The summed E-state index contributed by atoms with van der Waals surface area (Å²) in [5.41, 5.74) is 0. The monoisotopic (exact) mass is 144 g/mol. The van der Waals surface area contributed by atoms with Gasteiger partial charge in [0.05, 0.1) is 0 Å². The van der Waals surface area contributed by atoms with Crippen LogP contribution in [0.15, 0.2) is 12.2 Å². The lowest BCUT2D eigenvalue weighted by Gasteiger charge is -1.88. The summed E-state index contributed by atoms with van der Waals surface area (Å²) >= 11 is 1.38. The van der Waals surface area contributed by atoms with Gasteiger partial charge in [-0.1, -0.05) is 24.8 Å². The van der Waals surface area contributed by atoms with Gasteiger partial charge >= 0.3 is 0 Å². The third kappa shape index (κ3) is 5.63. The number of carbonyl (C=O) groups excluding carboxylic acids is 1. The fourth-order valence-electron chi connectivity index (χ4n) is 0.387. The quantitative estimate of drug-likeness (QED) is 0.565. The van der Waals surface area contributed by atoms with Crippen molar-refractivity contribution in [3.05, 3.63) is 12.2 Å². The highest BCUT2D eigenvalue weighted by molar-refractivity contribution is 8.14. The van der Waals surface area contributed by atoms with Gasteiger partial charge in [-0.25, -0.2) is 0 Å². The molecule has 0 saturated heterocycles. The summed E-state index contributed by atoms with van der Waals surface area (Å²) in [6.45, 7) is 3.92. The summed E-state index contributed by atoms with van der Waals surface area (Å²) in [7, 11) is 0. The third-order valence-corrected chi connectivity index (χ3v) is 1.78. The molecule has 0 aromatic rings. The van der Waals surface area contributed by atoms with Crippen molar-refractivity contribution < 1.29 is 4.79 Å². The predicted molar refractivity (Wildman–Crippen MR) is 42.6 cm³/mol. The zero-order valence-electron chi connectivity index (χ0n) is 5.89. The Hall–Kier alpha value is -0.240. The van der Waals surface area contributed by atoms with Gasteiger partial charge in [-0.05, 0) is 19.4 Å². The van der Waals surface area contributed by atoms with E-state index in [2.05, 4.69) is 6.92 Å². The molecule has 0 rings (SSSR count). The van der Waals surface area contributed by atoms with Crippen LogP contribution in [0.2, 0.25) is 0 Å². The van der Waals surface area contributed by atoms with Crippen molar-refractivity contribution in [3.63, 3.8) is 0 Å². The Balaban J connectivity index is 3.27. The van der Waals surface area contributed by atoms with Gasteiger partial charge in [-0.15, -0.1) is 0 Å². The zero-order chi connectivity index (χ0) is 7.11. The second kappa shape index (κ2) is 5.89. The van der Waals surface area contributed by atoms with Crippen molar-refractivity contribution in [2.75, 3.05) is 5.75 Å². The highest BCUT2D eigenvalue weighted by atomic mass is 32.2. The average Bonchev–Trinajstić information content (AvgIpc) is 1.85. The maximum atomic E-state index is 10.7. The molecule has 0 aromatic heterocycles. The molecule has 0 unspecified atom stereocenters. The summed E-state index contributed by atoms with van der Waals surface area (Å²) in [6.07, 6.45) is 4.43. The zero-order valence-corrected chi connectivity index (χ0v) is 6.70. The summed E-state index contributed by atoms with van der Waals surface area (Å²) in [4.78, 5) is 10.7. The van der Waals surface area contributed by atoms with Crippen molar-refractivity contribution in [1.29, 1.82) is 0 Å². The standard InChI is InChI=1S/C7H12OS/c1-3-5-7(8)9-6-4-2/h3,5H,4,6H2,1-2H3. The Morgan fingerprint density at radius 1 is 1.67 bits per heavy atom. The Bertz CT molecular complexity index is 107. The van der Waals surface area contributed by atoms with Crippen LogP contribution in [0.3, 0.4) is 0 Å². The van der Waals surface area contributed by atoms with E-state index in [0.717, 1.165) is 12.2 Å². The second-order valence-electron chi connectivity index (χ2n) is 1.67. The van der Waals surface area contributed by atoms with E-state index in [1.807, 2.05) is 6.92 Å². The van der Waals surface area contributed by atoms with Crippen LogP contribution in [-0.2, 0) is 4.79 Å². The lowest BCUT2D eigenvalue weighted by atomic mass is 10.6. The number of hydrogen-bond donors (Lipinski definition) is 0. The molecule has 0 bridgehead atoms. The molecule has 0 aromatic carbocycles. The molecule has 0 atom stereocenters. The smallest absolute Gasteiger partial charge is 0.211 e. The normalized spacial score (nSPS) is 10.4. The van der Waals surface area contributed by atoms with Crippen molar-refractivity contribution >= 4 is 16.9 Å². The van der Waals surface area contributed by atoms with E-state index in [1.54, 1.807) is 12.2 Å². The minimum atomic E-state index is 0.166. The van der Waals surface area contributed by atoms with Crippen molar-refractivity contribution in [1.82, 2.24) is 0 Å². The van der Waals surface area contributed by atoms with Gasteiger partial charge in [0.15, 0.2) is 0 Å². The van der Waals surface area contributed by atoms with Gasteiger partial charge in [-0.3, -0.25) is 4.79 Å². The molecule has 0 heterocycles. The molecule has 1 nitrogen and oxygen atoms in total. The maximum absolute atomic E-state index is 10.7. The van der Waals surface area contributed by atoms with Crippen LogP contribution in [0.25, 0.3) is 0 Å². The number of allylic oxidation sites excluding steroid dienone is 1. The summed E-state index contributed by atoms with van der Waals surface area (Å²) < 4.78 is 0. The fraction of sp³-hybridized carbons (Fsp3) is 0.571. The van der Waals surface area contributed by atoms with Gasteiger partial charge in [0, 0.05) is 5.75 Å². The molecule has 0 saturated carbocycles. The molecule has 2 heteroatoms. The van der Waals surface area contributed by atoms with E-state index in [1.165, 1.54) is 11.8 Å². The van der Waals surface area contributed by atoms with Gasteiger partial charge < -0.3 is 0 Å². The molecule has 0 amide bonds. The summed E-state index contributed by atoms with van der Waals surface area (Å²) in [5, 5.41) is 0.166. The molecule has 0 aliphatic heterocycles. The fourth-order valence-corrected chi connectivity index (χ4v) is 1.02. The number of rotatable bonds is 3. The molecule has 0 radical (unpaired) electrons. The first-order valence-corrected chi connectivity index (χ1v) is 4.09. The number of carbonyl (C=O) groups is 1. The van der Waals surface area contributed by atoms with E-state index >= 15 is 0 Å². The van der Waals surface area contributed by atoms with Crippen LogP contribution in [0.1, 0.15) is 20.3 Å². The largest absolute Gasteiger partial charge is 0.282 e. The van der Waals surface area contributed by atoms with Crippen LogP contribution in [0.5, 0.6) is 0 Å². The average molecular weight is 144 g/mol. The molecule has 9 heavy (non-hydrogen) atoms. The predicted octanol–water partition coefficient (Wildman–Crippen LogP) is 2.23. The van der Waals surface area contributed by atoms with Crippen molar-refractivity contribution in [2.24, 2.45) is 0 Å². The Kier molecular flexibility index (Phi) is 5.73. The molecule has 0 aliphatic carbocycles. The van der Waals surface area contributed by atoms with Gasteiger partial charge in [0.25, 0.3) is 0 Å². The first-order chi connectivity index (χ1) is 4.31. The number of hydrogen-bond acceptors (Lipinski definition) is 2. The first-order valence-electron chi connectivity index (χ1n) is 3.10. The SMILES string of the molecule is CC=CC(=O)SCCC. The van der Waals surface area contributed by atoms with Crippen LogP contribution in [-0.4, -0.2) is 10.9 Å². The lowest BCUT2D eigenvalue weighted by molar-refractivity contribution is -0.107. The van der Waals surface area contributed by atoms with Gasteiger partial charge in [0.2, 0.25) is 5.12 Å². The molecule has 0 fully saturated rings. The molecule has 52 valence electrons. The van der Waals surface area contributed by atoms with Gasteiger partial charge in [0.1, 0.15) is 0 Å². The van der Waals surface area contributed by atoms with Crippen LogP contribution in [0, 0.1) is 0 Å².